The van der Waals surface area contributed by atoms with Crippen LogP contribution in [-0.2, 0) is 0 Å². The molecule has 0 amide bonds. The van der Waals surface area contributed by atoms with Gasteiger partial charge in [0.05, 0.1) is 74.4 Å². The molecule has 8 nitrogen and oxygen atoms in total. The van der Waals surface area contributed by atoms with E-state index in [9.17, 15) is 0 Å². The minimum absolute atomic E-state index is 0.165. The Kier molecular flexibility index (Phi) is 5.60. The molecule has 0 bridgehead atoms. The van der Waals surface area contributed by atoms with Gasteiger partial charge in [-0.1, -0.05) is 0 Å². The summed E-state index contributed by atoms with van der Waals surface area (Å²) in [5, 5.41) is 0. The topological polar surface area (TPSA) is 123 Å². The average Bonchev–Trinajstić information content (AvgIpc) is 3.81. The summed E-state index contributed by atoms with van der Waals surface area (Å²) in [4.78, 5) is 29.6. The zero-order valence-electron chi connectivity index (χ0n) is 23.5. The van der Waals surface area contributed by atoms with Crippen molar-refractivity contribution in [1.82, 2.24) is 34.9 Å². The van der Waals surface area contributed by atoms with Crippen LogP contribution in [0.25, 0.3) is 56.9 Å². The van der Waals surface area contributed by atoms with Gasteiger partial charge in [0.25, 0.3) is 0 Å². The van der Waals surface area contributed by atoms with Gasteiger partial charge < -0.3 is 34.9 Å². The van der Waals surface area contributed by atoms with E-state index < -0.39 is 0 Å². The largest absolute Gasteiger partial charge is 0.358 e. The SMILES string of the molecule is Cc1ccc(C2=NC(c3ccc(-c4ccc(-c5ccc(-c6ccc(-c7ccc(-c8ccc(C)[nH]8)[nH]7)[nH]6)[nH]5)[nH]4)[nH]3)CC2)[nH]1. The number of aryl methyl sites for hydroxylation is 2. The van der Waals surface area contributed by atoms with Crippen molar-refractivity contribution in [1.29, 1.82) is 0 Å². The summed E-state index contributed by atoms with van der Waals surface area (Å²) in [6.07, 6.45) is 2.01. The molecule has 0 fully saturated rings. The molecule has 8 rings (SSSR count). The van der Waals surface area contributed by atoms with E-state index in [0.717, 1.165) is 92.6 Å². The molecule has 1 atom stereocenters. The third-order valence-electron chi connectivity index (χ3n) is 8.20. The highest BCUT2D eigenvalue weighted by Gasteiger charge is 2.22. The quantitative estimate of drug-likeness (QED) is 0.103. The van der Waals surface area contributed by atoms with E-state index in [-0.39, 0.29) is 6.04 Å². The monoisotopic (exact) mass is 552 g/mol. The first-order valence-corrected chi connectivity index (χ1v) is 14.4. The van der Waals surface area contributed by atoms with Crippen LogP contribution < -0.4 is 0 Å². The predicted molar refractivity (Wildman–Crippen MR) is 169 cm³/mol. The molecule has 7 aromatic heterocycles. The second-order valence-electron chi connectivity index (χ2n) is 11.2. The van der Waals surface area contributed by atoms with Crippen molar-refractivity contribution in [2.24, 2.45) is 4.99 Å². The number of nitrogens with one attached hydrogen (secondary N) is 7. The molecule has 0 saturated carbocycles. The summed E-state index contributed by atoms with van der Waals surface area (Å²) >= 11 is 0. The van der Waals surface area contributed by atoms with Crippen LogP contribution in [0, 0.1) is 13.8 Å². The number of aromatic amines is 7. The van der Waals surface area contributed by atoms with Crippen molar-refractivity contribution in [2.45, 2.75) is 32.7 Å². The van der Waals surface area contributed by atoms with Crippen molar-refractivity contribution < 1.29 is 0 Å². The number of aliphatic imine (C=N–C) groups is 1. The van der Waals surface area contributed by atoms with Crippen LogP contribution >= 0.6 is 0 Å². The third-order valence-corrected chi connectivity index (χ3v) is 8.20. The highest BCUT2D eigenvalue weighted by Crippen LogP contribution is 2.33. The van der Waals surface area contributed by atoms with Gasteiger partial charge in [0.1, 0.15) is 0 Å². The van der Waals surface area contributed by atoms with E-state index >= 15 is 0 Å². The van der Waals surface area contributed by atoms with Crippen LogP contribution in [0.2, 0.25) is 0 Å². The summed E-state index contributed by atoms with van der Waals surface area (Å²) in [7, 11) is 0. The van der Waals surface area contributed by atoms with Crippen molar-refractivity contribution in [3.63, 3.8) is 0 Å². The standard InChI is InChI=1S/C34H32N8/c1-19-3-5-21(35-19)23-7-9-25(37-23)27-11-13-29(39-27)31-15-17-33(41-31)34-18-16-32(42-34)30-14-12-28(40-30)26-10-8-24(38-26)22-6-4-20(2)36-22/h3-7,9,11-18,26,35-37,39-42H,8,10H2,1-2H3. The smallest absolute Gasteiger partial charge is 0.0905 e. The molecular formula is C34H32N8. The molecule has 0 aliphatic carbocycles. The van der Waals surface area contributed by atoms with Gasteiger partial charge in [-0.25, -0.2) is 0 Å². The lowest BCUT2D eigenvalue weighted by Gasteiger charge is -2.03. The lowest BCUT2D eigenvalue weighted by Crippen LogP contribution is -1.95. The molecular weight excluding hydrogens is 520 g/mol. The maximum absolute atomic E-state index is 5.00. The summed E-state index contributed by atoms with van der Waals surface area (Å²) in [6.45, 7) is 4.14. The Bertz CT molecular complexity index is 2040. The van der Waals surface area contributed by atoms with Gasteiger partial charge in [-0.3, -0.25) is 4.99 Å². The number of hydrogen-bond donors (Lipinski definition) is 7. The number of rotatable bonds is 7. The van der Waals surface area contributed by atoms with E-state index in [1.54, 1.807) is 0 Å². The average molecular weight is 553 g/mol. The molecule has 0 aromatic carbocycles. The minimum Gasteiger partial charge on any atom is -0.358 e. The normalized spacial score (nSPS) is 15.1. The van der Waals surface area contributed by atoms with Crippen LogP contribution in [0.4, 0.5) is 0 Å². The first-order chi connectivity index (χ1) is 20.6. The Morgan fingerprint density at radius 1 is 0.429 bits per heavy atom. The van der Waals surface area contributed by atoms with E-state index in [4.69, 9.17) is 4.99 Å². The number of aromatic nitrogens is 7. The molecule has 0 radical (unpaired) electrons. The molecule has 8 heteroatoms. The van der Waals surface area contributed by atoms with Gasteiger partial charge >= 0.3 is 0 Å². The number of H-pyrrole nitrogens is 7. The molecule has 42 heavy (non-hydrogen) atoms. The van der Waals surface area contributed by atoms with Crippen molar-refractivity contribution >= 4 is 5.71 Å². The Labute approximate surface area is 242 Å². The zero-order valence-corrected chi connectivity index (χ0v) is 23.5. The first kappa shape index (κ1) is 24.4. The van der Waals surface area contributed by atoms with E-state index in [2.05, 4.69) is 134 Å². The van der Waals surface area contributed by atoms with Gasteiger partial charge in [-0.15, -0.1) is 0 Å². The third kappa shape index (κ3) is 4.37. The fourth-order valence-corrected chi connectivity index (χ4v) is 5.95. The molecule has 0 spiro atoms. The Balaban J connectivity index is 0.977. The number of hydrogen-bond acceptors (Lipinski definition) is 1. The van der Waals surface area contributed by atoms with E-state index in [1.165, 1.54) is 5.69 Å². The van der Waals surface area contributed by atoms with Crippen molar-refractivity contribution in [3.8, 4) is 56.9 Å². The van der Waals surface area contributed by atoms with Gasteiger partial charge in [0.2, 0.25) is 0 Å². The lowest BCUT2D eigenvalue weighted by molar-refractivity contribution is 0.704. The molecule has 8 heterocycles. The second kappa shape index (κ2) is 9.62. The molecule has 7 N–H and O–H groups in total. The van der Waals surface area contributed by atoms with Gasteiger partial charge in [-0.05, 0) is 112 Å². The maximum atomic E-state index is 5.00. The maximum Gasteiger partial charge on any atom is 0.0905 e. The lowest BCUT2D eigenvalue weighted by atomic mass is 10.1. The summed E-state index contributed by atoms with van der Waals surface area (Å²) in [6, 6.07) is 29.8. The van der Waals surface area contributed by atoms with Crippen LogP contribution in [0.3, 0.4) is 0 Å². The van der Waals surface area contributed by atoms with E-state index in [0.29, 0.717) is 0 Å². The van der Waals surface area contributed by atoms with E-state index in [1.807, 2.05) is 0 Å². The van der Waals surface area contributed by atoms with Crippen LogP contribution in [0.5, 0.6) is 0 Å². The molecule has 0 saturated heterocycles. The second-order valence-corrected chi connectivity index (χ2v) is 11.2. The van der Waals surface area contributed by atoms with Crippen molar-refractivity contribution in [3.05, 3.63) is 108 Å². The Hall–Kier alpha value is -5.37. The summed E-state index contributed by atoms with van der Waals surface area (Å²) in [5.74, 6) is 0. The molecule has 7 aromatic rings. The minimum atomic E-state index is 0.165. The van der Waals surface area contributed by atoms with Crippen LogP contribution in [0.15, 0.2) is 89.9 Å². The predicted octanol–water partition coefficient (Wildman–Crippen LogP) is 8.26. The molecule has 208 valence electrons. The summed E-state index contributed by atoms with van der Waals surface area (Å²) in [5.41, 5.74) is 16.3. The Morgan fingerprint density at radius 3 is 1.21 bits per heavy atom. The summed E-state index contributed by atoms with van der Waals surface area (Å²) < 4.78 is 0. The van der Waals surface area contributed by atoms with Crippen molar-refractivity contribution in [2.75, 3.05) is 0 Å². The fraction of sp³-hybridized carbons (Fsp3) is 0.147. The molecule has 1 unspecified atom stereocenters. The molecule has 1 aliphatic rings. The van der Waals surface area contributed by atoms with Crippen LogP contribution in [0.1, 0.15) is 41.7 Å². The fourth-order valence-electron chi connectivity index (χ4n) is 5.95. The highest BCUT2D eigenvalue weighted by atomic mass is 14.9. The van der Waals surface area contributed by atoms with Gasteiger partial charge in [-0.2, -0.15) is 0 Å². The van der Waals surface area contributed by atoms with Gasteiger partial charge in [0.15, 0.2) is 0 Å². The Morgan fingerprint density at radius 2 is 0.786 bits per heavy atom. The molecule has 1 aliphatic heterocycles. The first-order valence-electron chi connectivity index (χ1n) is 14.4. The van der Waals surface area contributed by atoms with Crippen LogP contribution in [-0.4, -0.2) is 40.6 Å². The highest BCUT2D eigenvalue weighted by molar-refractivity contribution is 6.00. The van der Waals surface area contributed by atoms with Gasteiger partial charge in [0, 0.05) is 17.1 Å². The number of nitrogens with zero attached hydrogens (tertiary/aromatic N) is 1. The zero-order chi connectivity index (χ0) is 28.2.